The molecule has 0 radical (unpaired) electrons. The highest BCUT2D eigenvalue weighted by molar-refractivity contribution is 5.73. The number of ether oxygens (including phenoxy) is 1. The molecule has 0 spiro atoms. The molecule has 0 aliphatic rings. The number of methoxy groups -OCH3 is 1. The van der Waals surface area contributed by atoms with Crippen LogP contribution in [0.15, 0.2) is 54.7 Å². The van der Waals surface area contributed by atoms with Crippen molar-refractivity contribution in [3.05, 3.63) is 66.0 Å². The van der Waals surface area contributed by atoms with Gasteiger partial charge < -0.3 is 4.74 Å². The molecule has 3 rings (SSSR count). The summed E-state index contributed by atoms with van der Waals surface area (Å²) in [4.78, 5) is 11.7. The van der Waals surface area contributed by atoms with Gasteiger partial charge in [0.2, 0.25) is 0 Å². The molecule has 1 heterocycles. The number of hydrogen-bond donors (Lipinski definition) is 0. The molecule has 2 aromatic carbocycles. The molecule has 0 aliphatic heterocycles. The summed E-state index contributed by atoms with van der Waals surface area (Å²) in [6.45, 7) is 4.82. The van der Waals surface area contributed by atoms with E-state index in [0.717, 1.165) is 48.5 Å². The summed E-state index contributed by atoms with van der Waals surface area (Å²) in [7, 11) is 1.72. The summed E-state index contributed by atoms with van der Waals surface area (Å²) >= 11 is 0. The molecule has 3 aromatic rings. The van der Waals surface area contributed by atoms with E-state index >= 15 is 0 Å². The number of aromatic nitrogens is 2. The van der Waals surface area contributed by atoms with Gasteiger partial charge in [-0.3, -0.25) is 9.88 Å². The van der Waals surface area contributed by atoms with Gasteiger partial charge in [0.15, 0.2) is 0 Å². The van der Waals surface area contributed by atoms with E-state index in [1.54, 1.807) is 7.11 Å². The Morgan fingerprint density at radius 1 is 0.958 bits per heavy atom. The van der Waals surface area contributed by atoms with Crippen LogP contribution in [0.1, 0.15) is 24.6 Å². The molecule has 0 fully saturated rings. The lowest BCUT2D eigenvalue weighted by atomic mass is 10.1. The molecule has 0 saturated carbocycles. The third kappa shape index (κ3) is 3.89. The number of hydrogen-bond acceptors (Lipinski definition) is 4. The SMILES string of the molecule is CCCN(Cc1cnc2ccccc2n1)Cc1ccccc1OC. The summed E-state index contributed by atoms with van der Waals surface area (Å²) in [5.74, 6) is 0.934. The highest BCUT2D eigenvalue weighted by Crippen LogP contribution is 2.20. The number of rotatable bonds is 7. The second kappa shape index (κ2) is 7.88. The maximum Gasteiger partial charge on any atom is 0.123 e. The van der Waals surface area contributed by atoms with Crippen molar-refractivity contribution in [3.8, 4) is 5.75 Å². The second-order valence-electron chi connectivity index (χ2n) is 5.87. The second-order valence-corrected chi connectivity index (χ2v) is 5.87. The maximum atomic E-state index is 5.48. The fraction of sp³-hybridized carbons (Fsp3) is 0.300. The molecule has 0 atom stereocenters. The molecule has 124 valence electrons. The van der Waals surface area contributed by atoms with Crippen LogP contribution in [0.25, 0.3) is 11.0 Å². The molecule has 0 bridgehead atoms. The van der Waals surface area contributed by atoms with E-state index in [0.29, 0.717) is 0 Å². The van der Waals surface area contributed by atoms with E-state index in [2.05, 4.69) is 28.9 Å². The Hall–Kier alpha value is -2.46. The Morgan fingerprint density at radius 3 is 2.50 bits per heavy atom. The molecule has 4 heteroatoms. The average Bonchev–Trinajstić information content (AvgIpc) is 2.62. The van der Waals surface area contributed by atoms with Crippen molar-refractivity contribution in [2.45, 2.75) is 26.4 Å². The van der Waals surface area contributed by atoms with Crippen molar-refractivity contribution in [3.63, 3.8) is 0 Å². The van der Waals surface area contributed by atoms with Crippen LogP contribution in [0.4, 0.5) is 0 Å². The molecular weight excluding hydrogens is 298 g/mol. The minimum atomic E-state index is 0.781. The molecular formula is C20H23N3O. The zero-order chi connectivity index (χ0) is 16.8. The largest absolute Gasteiger partial charge is 0.496 e. The highest BCUT2D eigenvalue weighted by atomic mass is 16.5. The maximum absolute atomic E-state index is 5.48. The summed E-state index contributed by atoms with van der Waals surface area (Å²) in [6, 6.07) is 16.2. The van der Waals surface area contributed by atoms with Crippen molar-refractivity contribution in [1.82, 2.24) is 14.9 Å². The minimum absolute atomic E-state index is 0.781. The van der Waals surface area contributed by atoms with E-state index in [1.165, 1.54) is 5.56 Å². The molecule has 1 aromatic heterocycles. The van der Waals surface area contributed by atoms with Crippen molar-refractivity contribution in [2.75, 3.05) is 13.7 Å². The summed E-state index contributed by atoms with van der Waals surface area (Å²) in [5, 5.41) is 0. The third-order valence-electron chi connectivity index (χ3n) is 4.01. The quantitative estimate of drug-likeness (QED) is 0.658. The zero-order valence-corrected chi connectivity index (χ0v) is 14.3. The Labute approximate surface area is 143 Å². The normalized spacial score (nSPS) is 11.1. The third-order valence-corrected chi connectivity index (χ3v) is 4.01. The van der Waals surface area contributed by atoms with Crippen LogP contribution in [-0.2, 0) is 13.1 Å². The van der Waals surface area contributed by atoms with Gasteiger partial charge in [-0.25, -0.2) is 4.98 Å². The van der Waals surface area contributed by atoms with Crippen LogP contribution >= 0.6 is 0 Å². The first kappa shape index (κ1) is 16.4. The zero-order valence-electron chi connectivity index (χ0n) is 14.3. The predicted molar refractivity (Wildman–Crippen MR) is 96.9 cm³/mol. The van der Waals surface area contributed by atoms with E-state index in [-0.39, 0.29) is 0 Å². The van der Waals surface area contributed by atoms with Gasteiger partial charge in [0.05, 0.1) is 30.0 Å². The first-order valence-corrected chi connectivity index (χ1v) is 8.35. The van der Waals surface area contributed by atoms with Crippen LogP contribution in [0.5, 0.6) is 5.75 Å². The van der Waals surface area contributed by atoms with Crippen LogP contribution in [0.3, 0.4) is 0 Å². The van der Waals surface area contributed by atoms with E-state index in [9.17, 15) is 0 Å². The van der Waals surface area contributed by atoms with Crippen LogP contribution in [0.2, 0.25) is 0 Å². The van der Waals surface area contributed by atoms with E-state index in [4.69, 9.17) is 9.72 Å². The van der Waals surface area contributed by atoms with Crippen LogP contribution in [-0.4, -0.2) is 28.5 Å². The summed E-state index contributed by atoms with van der Waals surface area (Å²) in [5.41, 5.74) is 4.08. The topological polar surface area (TPSA) is 38.2 Å². The van der Waals surface area contributed by atoms with Gasteiger partial charge in [-0.1, -0.05) is 37.3 Å². The van der Waals surface area contributed by atoms with Crippen molar-refractivity contribution < 1.29 is 4.74 Å². The predicted octanol–water partition coefficient (Wildman–Crippen LogP) is 4.05. The molecule has 4 nitrogen and oxygen atoms in total. The van der Waals surface area contributed by atoms with Gasteiger partial charge in [0.1, 0.15) is 5.75 Å². The molecule has 0 N–H and O–H groups in total. The van der Waals surface area contributed by atoms with Crippen molar-refractivity contribution in [1.29, 1.82) is 0 Å². The first-order valence-electron chi connectivity index (χ1n) is 8.35. The Balaban J connectivity index is 1.79. The molecule has 0 aliphatic carbocycles. The number of nitrogens with zero attached hydrogens (tertiary/aromatic N) is 3. The first-order chi connectivity index (χ1) is 11.8. The van der Waals surface area contributed by atoms with Gasteiger partial charge in [0.25, 0.3) is 0 Å². The molecule has 0 unspecified atom stereocenters. The van der Waals surface area contributed by atoms with Gasteiger partial charge in [-0.05, 0) is 31.2 Å². The van der Waals surface area contributed by atoms with E-state index in [1.807, 2.05) is 42.6 Å². The molecule has 24 heavy (non-hydrogen) atoms. The van der Waals surface area contributed by atoms with E-state index < -0.39 is 0 Å². The van der Waals surface area contributed by atoms with Gasteiger partial charge in [0, 0.05) is 18.7 Å². The Bertz CT molecular complexity index is 804. The molecule has 0 amide bonds. The van der Waals surface area contributed by atoms with Crippen molar-refractivity contribution in [2.24, 2.45) is 0 Å². The smallest absolute Gasteiger partial charge is 0.123 e. The minimum Gasteiger partial charge on any atom is -0.496 e. The lowest BCUT2D eigenvalue weighted by Crippen LogP contribution is -2.24. The number of benzene rings is 2. The Kier molecular flexibility index (Phi) is 5.39. The highest BCUT2D eigenvalue weighted by Gasteiger charge is 2.11. The summed E-state index contributed by atoms with van der Waals surface area (Å²) in [6.07, 6.45) is 2.98. The van der Waals surface area contributed by atoms with Gasteiger partial charge in [-0.15, -0.1) is 0 Å². The van der Waals surface area contributed by atoms with Crippen LogP contribution in [0, 0.1) is 0 Å². The lowest BCUT2D eigenvalue weighted by Gasteiger charge is -2.22. The van der Waals surface area contributed by atoms with Crippen LogP contribution < -0.4 is 4.74 Å². The summed E-state index contributed by atoms with van der Waals surface area (Å²) < 4.78 is 5.48. The van der Waals surface area contributed by atoms with Gasteiger partial charge in [-0.2, -0.15) is 0 Å². The average molecular weight is 321 g/mol. The van der Waals surface area contributed by atoms with Gasteiger partial charge >= 0.3 is 0 Å². The standard InChI is InChI=1S/C20H23N3O/c1-3-12-23(14-16-8-4-7-11-20(16)24-2)15-17-13-21-18-9-5-6-10-19(18)22-17/h4-11,13H,3,12,14-15H2,1-2H3. The lowest BCUT2D eigenvalue weighted by molar-refractivity contribution is 0.250. The number of fused-ring (bicyclic) bond motifs is 1. The fourth-order valence-electron chi connectivity index (χ4n) is 2.91. The van der Waals surface area contributed by atoms with Crippen molar-refractivity contribution >= 4 is 11.0 Å². The Morgan fingerprint density at radius 2 is 1.71 bits per heavy atom. The molecule has 0 saturated heterocycles. The fourth-order valence-corrected chi connectivity index (χ4v) is 2.91. The monoisotopic (exact) mass is 321 g/mol. The number of para-hydroxylation sites is 3.